The maximum Gasteiger partial charge on any atom is 0.258 e. The second-order valence-electron chi connectivity index (χ2n) is 10.3. The van der Waals surface area contributed by atoms with Gasteiger partial charge in [-0.1, -0.05) is 66.6 Å². The second kappa shape index (κ2) is 11.3. The predicted molar refractivity (Wildman–Crippen MR) is 159 cm³/mol. The van der Waals surface area contributed by atoms with Gasteiger partial charge in [-0.2, -0.15) is 5.10 Å². The minimum atomic E-state index is -0.396. The van der Waals surface area contributed by atoms with Crippen LogP contribution >= 0.6 is 11.6 Å². The number of carbonyl (C=O) groups is 1. The Kier molecular flexibility index (Phi) is 7.41. The third-order valence-electron chi connectivity index (χ3n) is 7.81. The quantitative estimate of drug-likeness (QED) is 0.316. The lowest BCUT2D eigenvalue weighted by atomic mass is 9.91. The number of hydrogen-bond donors (Lipinski definition) is 1. The van der Waals surface area contributed by atoms with Crippen LogP contribution in [-0.4, -0.2) is 53.3 Å². The molecule has 0 radical (unpaired) electrons. The molecule has 7 nitrogen and oxygen atoms in total. The van der Waals surface area contributed by atoms with E-state index in [9.17, 15) is 9.59 Å². The number of nitrogens with zero attached hydrogens (tertiary/aromatic N) is 3. The van der Waals surface area contributed by atoms with Gasteiger partial charge in [0.15, 0.2) is 0 Å². The van der Waals surface area contributed by atoms with Crippen LogP contribution in [0.3, 0.4) is 0 Å². The van der Waals surface area contributed by atoms with E-state index in [1.54, 1.807) is 12.1 Å². The molecule has 6 rings (SSSR count). The van der Waals surface area contributed by atoms with Crippen molar-refractivity contribution in [2.45, 2.75) is 31.7 Å². The Hall–Kier alpha value is -3.94. The number of hydrogen-bond acceptors (Lipinski definition) is 5. The molecule has 0 bridgehead atoms. The lowest BCUT2D eigenvalue weighted by Crippen LogP contribution is -2.40. The van der Waals surface area contributed by atoms with Gasteiger partial charge in [-0.3, -0.25) is 14.5 Å². The van der Waals surface area contributed by atoms with Gasteiger partial charge in [-0.05, 0) is 55.8 Å². The molecule has 1 fully saturated rings. The van der Waals surface area contributed by atoms with Crippen molar-refractivity contribution in [3.8, 4) is 16.9 Å². The highest BCUT2D eigenvalue weighted by atomic mass is 35.5. The zero-order valence-electron chi connectivity index (χ0n) is 22.4. The first-order chi connectivity index (χ1) is 19.5. The Morgan fingerprint density at radius 3 is 2.48 bits per heavy atom. The molecule has 1 saturated heterocycles. The molecule has 2 aliphatic rings. The van der Waals surface area contributed by atoms with E-state index in [4.69, 9.17) is 21.4 Å². The molecule has 1 aromatic heterocycles. The van der Waals surface area contributed by atoms with E-state index in [0.717, 1.165) is 53.5 Å². The first-order valence-corrected chi connectivity index (χ1v) is 14.1. The fourth-order valence-corrected chi connectivity index (χ4v) is 6.02. The summed E-state index contributed by atoms with van der Waals surface area (Å²) in [5.74, 6) is 0.600. The minimum absolute atomic E-state index is 0.0851. The SMILES string of the molecule is COc1ccccc1C1CC(c2c(-c3ccc(Cl)cc3)c3ccccc3[nH]c2=O)=NN1C(=O)CN1CCCCC1. The van der Waals surface area contributed by atoms with E-state index in [1.165, 1.54) is 6.42 Å². The standard InChI is InChI=1S/C32H31ClN4O3/c1-40-28-12-6-4-10-24(28)27-19-26(35-37(27)29(38)20-36-17-7-2-8-18-36)31-30(21-13-15-22(33)16-14-21)23-9-3-5-11-25(23)34-32(31)39/h3-6,9-16,27H,2,7-8,17-20H2,1H3,(H,34,39). The minimum Gasteiger partial charge on any atom is -0.496 e. The van der Waals surface area contributed by atoms with Crippen molar-refractivity contribution in [2.24, 2.45) is 5.10 Å². The molecule has 2 aliphatic heterocycles. The summed E-state index contributed by atoms with van der Waals surface area (Å²) < 4.78 is 5.68. The largest absolute Gasteiger partial charge is 0.496 e. The number of carbonyl (C=O) groups excluding carboxylic acids is 1. The fraction of sp³-hybridized carbons (Fsp3) is 0.281. The van der Waals surface area contributed by atoms with Crippen LogP contribution in [0.2, 0.25) is 5.02 Å². The summed E-state index contributed by atoms with van der Waals surface area (Å²) in [6, 6.07) is 22.5. The van der Waals surface area contributed by atoms with Crippen molar-refractivity contribution < 1.29 is 9.53 Å². The van der Waals surface area contributed by atoms with Crippen molar-refractivity contribution in [3.63, 3.8) is 0 Å². The first kappa shape index (κ1) is 26.3. The van der Waals surface area contributed by atoms with Crippen molar-refractivity contribution >= 4 is 34.1 Å². The van der Waals surface area contributed by atoms with Gasteiger partial charge in [0, 0.05) is 33.5 Å². The molecular formula is C32H31ClN4O3. The van der Waals surface area contributed by atoms with Crippen molar-refractivity contribution in [1.82, 2.24) is 14.9 Å². The van der Waals surface area contributed by atoms with Gasteiger partial charge in [0.1, 0.15) is 5.75 Å². The maximum absolute atomic E-state index is 13.8. The molecule has 204 valence electrons. The van der Waals surface area contributed by atoms with Gasteiger partial charge in [-0.15, -0.1) is 0 Å². The smallest absolute Gasteiger partial charge is 0.258 e. The van der Waals surface area contributed by atoms with Crippen molar-refractivity contribution in [3.05, 3.63) is 99.3 Å². The van der Waals surface area contributed by atoms with Crippen molar-refractivity contribution in [1.29, 1.82) is 0 Å². The number of aromatic amines is 1. The van der Waals surface area contributed by atoms with E-state index in [2.05, 4.69) is 9.88 Å². The molecule has 4 aromatic rings. The summed E-state index contributed by atoms with van der Waals surface area (Å²) in [4.78, 5) is 32.8. The lowest BCUT2D eigenvalue weighted by molar-refractivity contribution is -0.134. The highest BCUT2D eigenvalue weighted by Gasteiger charge is 2.37. The summed E-state index contributed by atoms with van der Waals surface area (Å²) >= 11 is 6.21. The van der Waals surface area contributed by atoms with E-state index in [1.807, 2.05) is 72.8 Å². The molecule has 0 spiro atoms. The number of hydrazone groups is 1. The van der Waals surface area contributed by atoms with Crippen LogP contribution in [0.1, 0.15) is 42.9 Å². The highest BCUT2D eigenvalue weighted by Crippen LogP contribution is 2.40. The van der Waals surface area contributed by atoms with Crippen LogP contribution in [0.15, 0.2) is 82.7 Å². The number of halogens is 1. The van der Waals surface area contributed by atoms with Crippen LogP contribution in [0.5, 0.6) is 5.75 Å². The number of pyridine rings is 1. The number of amides is 1. The topological polar surface area (TPSA) is 78.0 Å². The zero-order valence-corrected chi connectivity index (χ0v) is 23.2. The maximum atomic E-state index is 13.8. The molecule has 3 heterocycles. The average Bonchev–Trinajstić information content (AvgIpc) is 3.42. The first-order valence-electron chi connectivity index (χ1n) is 13.7. The molecule has 1 unspecified atom stereocenters. The molecule has 0 saturated carbocycles. The van der Waals surface area contributed by atoms with Crippen LogP contribution < -0.4 is 10.3 Å². The Morgan fingerprint density at radius 1 is 0.975 bits per heavy atom. The summed E-state index contributed by atoms with van der Waals surface area (Å²) in [6.07, 6.45) is 3.76. The zero-order chi connectivity index (χ0) is 27.6. The molecular weight excluding hydrogens is 524 g/mol. The lowest BCUT2D eigenvalue weighted by Gasteiger charge is -2.29. The number of methoxy groups -OCH3 is 1. The molecule has 8 heteroatoms. The third kappa shape index (κ3) is 5.03. The van der Waals surface area contributed by atoms with Crippen LogP contribution in [0.25, 0.3) is 22.0 Å². The Bertz CT molecular complexity index is 1640. The van der Waals surface area contributed by atoms with Gasteiger partial charge >= 0.3 is 0 Å². The highest BCUT2D eigenvalue weighted by molar-refractivity contribution is 6.30. The number of rotatable bonds is 6. The molecule has 0 aliphatic carbocycles. The van der Waals surface area contributed by atoms with Gasteiger partial charge < -0.3 is 9.72 Å². The summed E-state index contributed by atoms with van der Waals surface area (Å²) in [7, 11) is 1.63. The Balaban J connectivity index is 1.50. The number of fused-ring (bicyclic) bond motifs is 1. The molecule has 40 heavy (non-hydrogen) atoms. The van der Waals surface area contributed by atoms with Gasteiger partial charge in [0.25, 0.3) is 11.5 Å². The average molecular weight is 555 g/mol. The molecule has 3 aromatic carbocycles. The van der Waals surface area contributed by atoms with Gasteiger partial charge in [-0.25, -0.2) is 5.01 Å². The summed E-state index contributed by atoms with van der Waals surface area (Å²) in [6.45, 7) is 2.10. The number of likely N-dealkylation sites (tertiary alicyclic amines) is 1. The number of piperidine rings is 1. The number of ether oxygens (including phenoxy) is 1. The van der Waals surface area contributed by atoms with Gasteiger partial charge in [0.05, 0.1) is 31.0 Å². The normalized spacial score (nSPS) is 17.7. The fourth-order valence-electron chi connectivity index (χ4n) is 5.89. The van der Waals surface area contributed by atoms with E-state index < -0.39 is 6.04 Å². The monoisotopic (exact) mass is 554 g/mol. The summed E-state index contributed by atoms with van der Waals surface area (Å²) in [5.41, 5.74) is 4.02. The van der Waals surface area contributed by atoms with Crippen molar-refractivity contribution in [2.75, 3.05) is 26.7 Å². The van der Waals surface area contributed by atoms with Crippen LogP contribution in [-0.2, 0) is 4.79 Å². The number of benzene rings is 3. The molecule has 1 N–H and O–H groups in total. The Labute approximate surface area is 238 Å². The van der Waals surface area contributed by atoms with Crippen LogP contribution in [0, 0.1) is 0 Å². The van der Waals surface area contributed by atoms with E-state index >= 15 is 0 Å². The third-order valence-corrected chi connectivity index (χ3v) is 8.07. The molecule has 1 atom stereocenters. The predicted octanol–water partition coefficient (Wildman–Crippen LogP) is 6.02. The Morgan fingerprint density at radius 2 is 1.70 bits per heavy atom. The van der Waals surface area contributed by atoms with Gasteiger partial charge in [0.2, 0.25) is 0 Å². The van der Waals surface area contributed by atoms with Crippen LogP contribution in [0.4, 0.5) is 0 Å². The number of para-hydroxylation sites is 2. The summed E-state index contributed by atoms with van der Waals surface area (Å²) in [5, 5.41) is 7.98. The number of nitrogens with one attached hydrogen (secondary N) is 1. The second-order valence-corrected chi connectivity index (χ2v) is 10.8. The van der Waals surface area contributed by atoms with E-state index in [0.29, 0.717) is 35.0 Å². The number of H-pyrrole nitrogens is 1. The number of aromatic nitrogens is 1. The van der Waals surface area contributed by atoms with E-state index in [-0.39, 0.29) is 11.5 Å². The molecule has 1 amide bonds.